The molecule has 0 aliphatic carbocycles. The van der Waals surface area contributed by atoms with Gasteiger partial charge in [-0.2, -0.15) is 0 Å². The number of hydrogen-bond acceptors (Lipinski definition) is 4. The normalized spacial score (nSPS) is 16.2. The van der Waals surface area contributed by atoms with Crippen LogP contribution in [0.1, 0.15) is 12.0 Å². The lowest BCUT2D eigenvalue weighted by atomic mass is 10.1. The number of aryl methyl sites for hydroxylation is 1. The van der Waals surface area contributed by atoms with E-state index >= 15 is 0 Å². The summed E-state index contributed by atoms with van der Waals surface area (Å²) in [5.41, 5.74) is 1.46. The maximum Gasteiger partial charge on any atom is 0.311 e. The van der Waals surface area contributed by atoms with Crippen molar-refractivity contribution in [2.45, 2.75) is 13.3 Å². The number of nitrogens with one attached hydrogen (secondary N) is 1. The third-order valence-corrected chi connectivity index (χ3v) is 4.64. The van der Waals surface area contributed by atoms with Crippen LogP contribution >= 0.6 is 11.6 Å². The van der Waals surface area contributed by atoms with Crippen molar-refractivity contribution in [3.63, 3.8) is 0 Å². The average molecular weight is 405 g/mol. The molecule has 2 aromatic carbocycles. The number of para-hydroxylation sites is 1. The van der Waals surface area contributed by atoms with Crippen LogP contribution < -0.4 is 10.2 Å². The summed E-state index contributed by atoms with van der Waals surface area (Å²) in [6, 6.07) is 10.8. The van der Waals surface area contributed by atoms with Gasteiger partial charge in [-0.25, -0.2) is 4.39 Å². The van der Waals surface area contributed by atoms with Gasteiger partial charge < -0.3 is 15.0 Å². The minimum absolute atomic E-state index is 0.0104. The molecule has 2 aromatic rings. The van der Waals surface area contributed by atoms with Gasteiger partial charge in [-0.3, -0.25) is 14.4 Å². The molecule has 1 N–H and O–H groups in total. The SMILES string of the molecule is Cc1cc(Cl)ccc1NC(=O)COC(=O)[C@H]1CC(=O)N(c2ccccc2F)C1. The van der Waals surface area contributed by atoms with E-state index in [0.717, 1.165) is 5.56 Å². The monoisotopic (exact) mass is 404 g/mol. The Morgan fingerprint density at radius 3 is 2.75 bits per heavy atom. The van der Waals surface area contributed by atoms with Gasteiger partial charge in [-0.1, -0.05) is 23.7 Å². The maximum absolute atomic E-state index is 13.9. The van der Waals surface area contributed by atoms with Crippen molar-refractivity contribution in [3.05, 3.63) is 58.9 Å². The molecule has 2 amide bonds. The van der Waals surface area contributed by atoms with Crippen LogP contribution in [0, 0.1) is 18.7 Å². The fourth-order valence-electron chi connectivity index (χ4n) is 2.98. The van der Waals surface area contributed by atoms with Gasteiger partial charge in [0, 0.05) is 23.7 Å². The first-order valence-corrected chi connectivity index (χ1v) is 9.00. The Labute approximate surface area is 166 Å². The minimum atomic E-state index is -0.753. The molecule has 1 saturated heterocycles. The Morgan fingerprint density at radius 1 is 1.29 bits per heavy atom. The van der Waals surface area contributed by atoms with E-state index in [0.29, 0.717) is 10.7 Å². The number of benzene rings is 2. The number of ether oxygens (including phenoxy) is 1. The molecule has 3 rings (SSSR count). The van der Waals surface area contributed by atoms with E-state index in [1.54, 1.807) is 31.2 Å². The molecule has 1 heterocycles. The third-order valence-electron chi connectivity index (χ3n) is 4.41. The number of esters is 1. The summed E-state index contributed by atoms with van der Waals surface area (Å²) in [5.74, 6) is -2.84. The number of halogens is 2. The van der Waals surface area contributed by atoms with E-state index in [-0.39, 0.29) is 24.6 Å². The van der Waals surface area contributed by atoms with Gasteiger partial charge in [0.25, 0.3) is 5.91 Å². The summed E-state index contributed by atoms with van der Waals surface area (Å²) in [6.45, 7) is 1.32. The highest BCUT2D eigenvalue weighted by molar-refractivity contribution is 6.30. The number of hydrogen-bond donors (Lipinski definition) is 1. The number of amides is 2. The van der Waals surface area contributed by atoms with E-state index in [1.165, 1.54) is 23.1 Å². The average Bonchev–Trinajstić information content (AvgIpc) is 3.04. The van der Waals surface area contributed by atoms with Crippen LogP contribution in [0.2, 0.25) is 5.02 Å². The molecular weight excluding hydrogens is 387 g/mol. The molecule has 0 bridgehead atoms. The molecule has 28 heavy (non-hydrogen) atoms. The van der Waals surface area contributed by atoms with E-state index in [2.05, 4.69) is 5.32 Å². The van der Waals surface area contributed by atoms with Crippen molar-refractivity contribution in [1.29, 1.82) is 0 Å². The molecule has 146 valence electrons. The molecule has 0 unspecified atom stereocenters. The van der Waals surface area contributed by atoms with Crippen molar-refractivity contribution < 1.29 is 23.5 Å². The molecule has 1 fully saturated rings. The van der Waals surface area contributed by atoms with Crippen molar-refractivity contribution in [1.82, 2.24) is 0 Å². The predicted octanol–water partition coefficient (Wildman–Crippen LogP) is 3.32. The van der Waals surface area contributed by atoms with Crippen LogP contribution in [0.15, 0.2) is 42.5 Å². The van der Waals surface area contributed by atoms with Crippen molar-refractivity contribution in [2.75, 3.05) is 23.4 Å². The Kier molecular flexibility index (Phi) is 5.94. The highest BCUT2D eigenvalue weighted by Gasteiger charge is 2.37. The van der Waals surface area contributed by atoms with Gasteiger partial charge in [0.1, 0.15) is 5.82 Å². The van der Waals surface area contributed by atoms with E-state index in [1.807, 2.05) is 0 Å². The quantitative estimate of drug-likeness (QED) is 0.776. The lowest BCUT2D eigenvalue weighted by Crippen LogP contribution is -2.28. The number of anilines is 2. The first-order chi connectivity index (χ1) is 13.3. The smallest absolute Gasteiger partial charge is 0.311 e. The highest BCUT2D eigenvalue weighted by atomic mass is 35.5. The van der Waals surface area contributed by atoms with Crippen LogP contribution in [0.4, 0.5) is 15.8 Å². The van der Waals surface area contributed by atoms with Crippen molar-refractivity contribution in [2.24, 2.45) is 5.92 Å². The second-order valence-corrected chi connectivity index (χ2v) is 6.91. The zero-order valence-corrected chi connectivity index (χ0v) is 15.8. The molecule has 8 heteroatoms. The number of carbonyl (C=O) groups is 3. The summed E-state index contributed by atoms with van der Waals surface area (Å²) < 4.78 is 18.9. The van der Waals surface area contributed by atoms with Gasteiger partial charge in [0.15, 0.2) is 6.61 Å². The molecular formula is C20H18ClFN2O4. The fraction of sp³-hybridized carbons (Fsp3) is 0.250. The van der Waals surface area contributed by atoms with Crippen LogP contribution in [0.5, 0.6) is 0 Å². The molecule has 1 aliphatic heterocycles. The van der Waals surface area contributed by atoms with E-state index < -0.39 is 30.2 Å². The Morgan fingerprint density at radius 2 is 2.04 bits per heavy atom. The van der Waals surface area contributed by atoms with Crippen LogP contribution in [-0.2, 0) is 19.1 Å². The molecule has 0 saturated carbocycles. The Hall–Kier alpha value is -2.93. The summed E-state index contributed by atoms with van der Waals surface area (Å²) in [7, 11) is 0. The van der Waals surface area contributed by atoms with Gasteiger partial charge >= 0.3 is 5.97 Å². The van der Waals surface area contributed by atoms with Crippen molar-refractivity contribution >= 4 is 40.8 Å². The molecule has 1 aliphatic rings. The zero-order chi connectivity index (χ0) is 20.3. The maximum atomic E-state index is 13.9. The summed E-state index contributed by atoms with van der Waals surface area (Å²) in [6.07, 6.45) is -0.0922. The molecule has 0 aromatic heterocycles. The molecule has 1 atom stereocenters. The van der Waals surface area contributed by atoms with Crippen LogP contribution in [0.25, 0.3) is 0 Å². The molecule has 6 nitrogen and oxygen atoms in total. The van der Waals surface area contributed by atoms with Crippen LogP contribution in [0.3, 0.4) is 0 Å². The van der Waals surface area contributed by atoms with Gasteiger partial charge in [0.2, 0.25) is 5.91 Å². The van der Waals surface area contributed by atoms with Gasteiger partial charge in [-0.05, 0) is 42.8 Å². The summed E-state index contributed by atoms with van der Waals surface area (Å²) in [4.78, 5) is 37.6. The molecule has 0 spiro atoms. The zero-order valence-electron chi connectivity index (χ0n) is 15.1. The lowest BCUT2D eigenvalue weighted by molar-refractivity contribution is -0.151. The number of carbonyl (C=O) groups excluding carboxylic acids is 3. The first kappa shape index (κ1) is 19.8. The number of rotatable bonds is 5. The van der Waals surface area contributed by atoms with Gasteiger partial charge in [-0.15, -0.1) is 0 Å². The second kappa shape index (κ2) is 8.39. The third kappa shape index (κ3) is 4.48. The van der Waals surface area contributed by atoms with Crippen molar-refractivity contribution in [3.8, 4) is 0 Å². The van der Waals surface area contributed by atoms with Crippen LogP contribution in [-0.4, -0.2) is 30.9 Å². The van der Waals surface area contributed by atoms with Gasteiger partial charge in [0.05, 0.1) is 11.6 Å². The standard InChI is InChI=1S/C20H18ClFN2O4/c1-12-8-14(21)6-7-16(12)23-18(25)11-28-20(27)13-9-19(26)24(10-13)17-5-3-2-4-15(17)22/h2-8,13H,9-11H2,1H3,(H,23,25)/t13-/m0/s1. The Bertz CT molecular complexity index is 934. The number of nitrogens with zero attached hydrogens (tertiary/aromatic N) is 1. The molecule has 0 radical (unpaired) electrons. The fourth-order valence-corrected chi connectivity index (χ4v) is 3.20. The highest BCUT2D eigenvalue weighted by Crippen LogP contribution is 2.28. The summed E-state index contributed by atoms with van der Waals surface area (Å²) in [5, 5.41) is 3.18. The lowest BCUT2D eigenvalue weighted by Gasteiger charge is -2.17. The Balaban J connectivity index is 1.54. The summed E-state index contributed by atoms with van der Waals surface area (Å²) >= 11 is 5.87. The first-order valence-electron chi connectivity index (χ1n) is 8.62. The second-order valence-electron chi connectivity index (χ2n) is 6.47. The largest absolute Gasteiger partial charge is 0.455 e. The van der Waals surface area contributed by atoms with E-state index in [4.69, 9.17) is 16.3 Å². The van der Waals surface area contributed by atoms with E-state index in [9.17, 15) is 18.8 Å². The topological polar surface area (TPSA) is 75.7 Å². The minimum Gasteiger partial charge on any atom is -0.455 e. The predicted molar refractivity (Wildman–Crippen MR) is 103 cm³/mol.